The highest BCUT2D eigenvalue weighted by Gasteiger charge is 2.41. The van der Waals surface area contributed by atoms with Gasteiger partial charge in [-0.25, -0.2) is 0 Å². The van der Waals surface area contributed by atoms with Gasteiger partial charge in [0, 0.05) is 12.6 Å². The second-order valence-electron chi connectivity index (χ2n) is 7.02. The van der Waals surface area contributed by atoms with E-state index in [1.807, 2.05) is 0 Å². The number of hydrogen-bond donors (Lipinski definition) is 1. The third kappa shape index (κ3) is 3.32. The molecule has 1 aromatic carbocycles. The molecule has 1 aliphatic heterocycles. The second kappa shape index (κ2) is 6.50. The smallest absolute Gasteiger partial charge is 0.0685 e. The lowest BCUT2D eigenvalue weighted by atomic mass is 9.78. The molecule has 2 unspecified atom stereocenters. The predicted molar refractivity (Wildman–Crippen MR) is 87.6 cm³/mol. The molecule has 2 fully saturated rings. The van der Waals surface area contributed by atoms with Crippen LogP contribution in [0, 0.1) is 12.8 Å². The molecule has 116 valence electrons. The van der Waals surface area contributed by atoms with Crippen molar-refractivity contribution in [2.24, 2.45) is 5.92 Å². The average molecular weight is 287 g/mol. The van der Waals surface area contributed by atoms with Crippen LogP contribution >= 0.6 is 0 Å². The third-order valence-electron chi connectivity index (χ3n) is 5.69. The van der Waals surface area contributed by atoms with Gasteiger partial charge in [-0.2, -0.15) is 0 Å². The lowest BCUT2D eigenvalue weighted by molar-refractivity contribution is -0.0975. The quantitative estimate of drug-likeness (QED) is 0.908. The third-order valence-corrected chi connectivity index (χ3v) is 5.69. The summed E-state index contributed by atoms with van der Waals surface area (Å²) in [6.07, 6.45) is 8.88. The minimum atomic E-state index is 0.226. The number of hydrogen-bond acceptors (Lipinski definition) is 2. The summed E-state index contributed by atoms with van der Waals surface area (Å²) in [5, 5.41) is 3.60. The second-order valence-corrected chi connectivity index (χ2v) is 7.02. The van der Waals surface area contributed by atoms with Crippen LogP contribution in [0.1, 0.15) is 49.7 Å². The highest BCUT2D eigenvalue weighted by atomic mass is 16.5. The Labute approximate surface area is 129 Å². The number of aryl methyl sites for hydroxylation is 1. The average Bonchev–Trinajstić information content (AvgIpc) is 2.94. The van der Waals surface area contributed by atoms with Crippen LogP contribution in [-0.2, 0) is 11.2 Å². The molecule has 2 nitrogen and oxygen atoms in total. The largest absolute Gasteiger partial charge is 0.375 e. The van der Waals surface area contributed by atoms with Gasteiger partial charge >= 0.3 is 0 Å². The van der Waals surface area contributed by atoms with Crippen molar-refractivity contribution in [3.8, 4) is 0 Å². The molecule has 1 aromatic rings. The van der Waals surface area contributed by atoms with Crippen molar-refractivity contribution in [3.63, 3.8) is 0 Å². The normalized spacial score (nSPS) is 26.1. The minimum Gasteiger partial charge on any atom is -0.375 e. The molecule has 2 heteroatoms. The van der Waals surface area contributed by atoms with Crippen LogP contribution in [0.25, 0.3) is 0 Å². The van der Waals surface area contributed by atoms with Crippen molar-refractivity contribution in [1.82, 2.24) is 5.32 Å². The topological polar surface area (TPSA) is 21.3 Å². The molecule has 21 heavy (non-hydrogen) atoms. The number of rotatable bonds is 4. The van der Waals surface area contributed by atoms with E-state index in [2.05, 4.69) is 43.6 Å². The van der Waals surface area contributed by atoms with Gasteiger partial charge in [0.2, 0.25) is 0 Å². The highest BCUT2D eigenvalue weighted by Crippen LogP contribution is 2.43. The van der Waals surface area contributed by atoms with Crippen molar-refractivity contribution in [3.05, 3.63) is 35.4 Å². The minimum absolute atomic E-state index is 0.226. The Morgan fingerprint density at radius 2 is 2.05 bits per heavy atom. The predicted octanol–water partition coefficient (Wildman–Crippen LogP) is 3.86. The van der Waals surface area contributed by atoms with E-state index in [1.165, 1.54) is 49.7 Å². The van der Waals surface area contributed by atoms with Crippen LogP contribution in [0.2, 0.25) is 0 Å². The van der Waals surface area contributed by atoms with Crippen LogP contribution in [0.15, 0.2) is 24.3 Å². The number of likely N-dealkylation sites (N-methyl/N-ethyl adjacent to an activating group) is 1. The summed E-state index contributed by atoms with van der Waals surface area (Å²) >= 11 is 0. The van der Waals surface area contributed by atoms with E-state index in [0.29, 0.717) is 6.04 Å². The summed E-state index contributed by atoms with van der Waals surface area (Å²) in [6, 6.07) is 9.38. The van der Waals surface area contributed by atoms with Crippen molar-refractivity contribution < 1.29 is 4.74 Å². The van der Waals surface area contributed by atoms with E-state index >= 15 is 0 Å². The van der Waals surface area contributed by atoms with Crippen LogP contribution in [0.4, 0.5) is 0 Å². The number of nitrogens with one attached hydrogen (secondary N) is 1. The first-order chi connectivity index (χ1) is 10.2. The molecule has 1 spiro atoms. The van der Waals surface area contributed by atoms with Gasteiger partial charge in [0.1, 0.15) is 0 Å². The summed E-state index contributed by atoms with van der Waals surface area (Å²) in [6.45, 7) is 3.18. The first-order valence-electron chi connectivity index (χ1n) is 8.58. The van der Waals surface area contributed by atoms with E-state index in [-0.39, 0.29) is 5.60 Å². The van der Waals surface area contributed by atoms with Gasteiger partial charge in [-0.05, 0) is 63.1 Å². The van der Waals surface area contributed by atoms with Gasteiger partial charge in [0.15, 0.2) is 0 Å². The van der Waals surface area contributed by atoms with Crippen LogP contribution in [0.3, 0.4) is 0 Å². The first-order valence-corrected chi connectivity index (χ1v) is 8.58. The first kappa shape index (κ1) is 15.1. The molecule has 1 saturated carbocycles. The van der Waals surface area contributed by atoms with E-state index in [1.54, 1.807) is 0 Å². The Kier molecular flexibility index (Phi) is 4.66. The van der Waals surface area contributed by atoms with E-state index in [9.17, 15) is 0 Å². The molecule has 0 bridgehead atoms. The monoisotopic (exact) mass is 287 g/mol. The Morgan fingerprint density at radius 1 is 1.29 bits per heavy atom. The fourth-order valence-corrected chi connectivity index (χ4v) is 4.36. The van der Waals surface area contributed by atoms with Gasteiger partial charge < -0.3 is 10.1 Å². The molecule has 1 N–H and O–H groups in total. The Morgan fingerprint density at radius 3 is 2.76 bits per heavy atom. The van der Waals surface area contributed by atoms with Crippen molar-refractivity contribution >= 4 is 0 Å². The molecule has 2 aliphatic rings. The molecule has 0 aromatic heterocycles. The molecule has 1 heterocycles. The zero-order chi connectivity index (χ0) is 14.7. The maximum absolute atomic E-state index is 6.20. The zero-order valence-corrected chi connectivity index (χ0v) is 13.5. The molecule has 1 saturated heterocycles. The Bertz CT molecular complexity index is 464. The molecular weight excluding hydrogens is 258 g/mol. The van der Waals surface area contributed by atoms with Crippen LogP contribution in [0.5, 0.6) is 0 Å². The van der Waals surface area contributed by atoms with Gasteiger partial charge in [0.25, 0.3) is 0 Å². The molecule has 3 rings (SSSR count). The maximum Gasteiger partial charge on any atom is 0.0685 e. The Balaban J connectivity index is 1.69. The summed E-state index contributed by atoms with van der Waals surface area (Å²) in [5.74, 6) is 0.751. The molecular formula is C19H29NO. The van der Waals surface area contributed by atoms with Crippen molar-refractivity contribution in [2.75, 3.05) is 13.7 Å². The Hall–Kier alpha value is -0.860. The van der Waals surface area contributed by atoms with Gasteiger partial charge in [-0.3, -0.25) is 0 Å². The molecule has 0 radical (unpaired) electrons. The number of ether oxygens (including phenoxy) is 1. The van der Waals surface area contributed by atoms with Crippen molar-refractivity contribution in [2.45, 2.75) is 63.5 Å². The standard InChI is InChI=1S/C19H29NO/c1-15-7-3-4-8-16(15)13-18(20-2)17-9-12-21-19(14-17)10-5-6-11-19/h3-4,7-8,17-18,20H,5-6,9-14H2,1-2H3. The van der Waals surface area contributed by atoms with Gasteiger partial charge in [0.05, 0.1) is 5.60 Å². The summed E-state index contributed by atoms with van der Waals surface area (Å²) in [5.41, 5.74) is 3.13. The van der Waals surface area contributed by atoms with Gasteiger partial charge in [-0.15, -0.1) is 0 Å². The summed E-state index contributed by atoms with van der Waals surface area (Å²) in [4.78, 5) is 0. The SMILES string of the molecule is CNC(Cc1ccccc1C)C1CCOC2(CCCC2)C1. The van der Waals surface area contributed by atoms with Crippen LogP contribution in [-0.4, -0.2) is 25.3 Å². The van der Waals surface area contributed by atoms with Crippen LogP contribution < -0.4 is 5.32 Å². The van der Waals surface area contributed by atoms with Crippen molar-refractivity contribution in [1.29, 1.82) is 0 Å². The summed E-state index contributed by atoms with van der Waals surface area (Å²) in [7, 11) is 2.12. The summed E-state index contributed by atoms with van der Waals surface area (Å²) < 4.78 is 6.20. The van der Waals surface area contributed by atoms with E-state index in [4.69, 9.17) is 4.74 Å². The van der Waals surface area contributed by atoms with E-state index in [0.717, 1.165) is 18.9 Å². The highest BCUT2D eigenvalue weighted by molar-refractivity contribution is 5.26. The fourth-order valence-electron chi connectivity index (χ4n) is 4.36. The molecule has 0 amide bonds. The number of benzene rings is 1. The lowest BCUT2D eigenvalue weighted by Crippen LogP contribution is -2.45. The lowest BCUT2D eigenvalue weighted by Gasteiger charge is -2.41. The fraction of sp³-hybridized carbons (Fsp3) is 0.684. The maximum atomic E-state index is 6.20. The van der Waals surface area contributed by atoms with Gasteiger partial charge in [-0.1, -0.05) is 37.1 Å². The molecule has 1 aliphatic carbocycles. The van der Waals surface area contributed by atoms with E-state index < -0.39 is 0 Å². The zero-order valence-electron chi connectivity index (χ0n) is 13.5. The molecule has 2 atom stereocenters.